The molecule has 0 fully saturated rings. The van der Waals surface area contributed by atoms with Gasteiger partial charge < -0.3 is 10.6 Å². The van der Waals surface area contributed by atoms with Gasteiger partial charge >= 0.3 is 0 Å². The van der Waals surface area contributed by atoms with Crippen LogP contribution in [0.4, 0.5) is 20.2 Å². The van der Waals surface area contributed by atoms with Crippen LogP contribution in [0.1, 0.15) is 5.56 Å². The zero-order chi connectivity index (χ0) is 16.4. The molecule has 0 aromatic heterocycles. The van der Waals surface area contributed by atoms with Crippen LogP contribution in [0.15, 0.2) is 41.3 Å². The third-order valence-corrected chi connectivity index (χ3v) is 4.34. The fourth-order valence-corrected chi connectivity index (χ4v) is 3.01. The number of carbonyl (C=O) groups excluding carboxylic acids is 2. The molecule has 7 heteroatoms. The Kier molecular flexibility index (Phi) is 4.29. The first-order valence-electron chi connectivity index (χ1n) is 6.82. The zero-order valence-corrected chi connectivity index (χ0v) is 12.7. The summed E-state index contributed by atoms with van der Waals surface area (Å²) in [5, 5.41) is 4.96. The van der Waals surface area contributed by atoms with E-state index in [0.29, 0.717) is 17.0 Å². The Labute approximate surface area is 135 Å². The van der Waals surface area contributed by atoms with E-state index in [4.69, 9.17) is 0 Å². The largest absolute Gasteiger partial charge is 0.324 e. The molecule has 2 N–H and O–H groups in total. The van der Waals surface area contributed by atoms with Gasteiger partial charge in [0.05, 0.1) is 17.9 Å². The van der Waals surface area contributed by atoms with E-state index < -0.39 is 23.2 Å². The first-order chi connectivity index (χ1) is 11.0. The number of benzene rings is 2. The van der Waals surface area contributed by atoms with Crippen LogP contribution >= 0.6 is 11.8 Å². The maximum atomic E-state index is 13.5. The SMILES string of the molecule is O=C1CSc2ccc(CC(=O)Nc3c(F)cccc3F)cc2N1. The van der Waals surface area contributed by atoms with Crippen LogP contribution in [0.5, 0.6) is 0 Å². The van der Waals surface area contributed by atoms with Crippen molar-refractivity contribution < 1.29 is 18.4 Å². The summed E-state index contributed by atoms with van der Waals surface area (Å²) in [6.45, 7) is 0. The molecular formula is C16H12F2N2O2S. The van der Waals surface area contributed by atoms with E-state index in [1.165, 1.54) is 17.8 Å². The van der Waals surface area contributed by atoms with Crippen molar-refractivity contribution in [2.24, 2.45) is 0 Å². The van der Waals surface area contributed by atoms with Crippen molar-refractivity contribution in [2.75, 3.05) is 16.4 Å². The normalized spacial score (nSPS) is 13.2. The van der Waals surface area contributed by atoms with Crippen molar-refractivity contribution in [3.05, 3.63) is 53.6 Å². The summed E-state index contributed by atoms with van der Waals surface area (Å²) >= 11 is 1.42. The molecule has 0 unspecified atom stereocenters. The number of carbonyl (C=O) groups is 2. The molecule has 23 heavy (non-hydrogen) atoms. The molecule has 0 bridgehead atoms. The van der Waals surface area contributed by atoms with Crippen LogP contribution in [0.2, 0.25) is 0 Å². The number of anilines is 2. The van der Waals surface area contributed by atoms with Gasteiger partial charge in [0.25, 0.3) is 0 Å². The Morgan fingerprint density at radius 3 is 2.70 bits per heavy atom. The smallest absolute Gasteiger partial charge is 0.234 e. The molecule has 3 rings (SSSR count). The Morgan fingerprint density at radius 1 is 1.22 bits per heavy atom. The second-order valence-electron chi connectivity index (χ2n) is 4.99. The number of rotatable bonds is 3. The minimum absolute atomic E-state index is 0.0540. The van der Waals surface area contributed by atoms with Crippen LogP contribution in [-0.4, -0.2) is 17.6 Å². The number of hydrogen-bond donors (Lipinski definition) is 2. The number of hydrogen-bond acceptors (Lipinski definition) is 3. The molecule has 4 nitrogen and oxygen atoms in total. The lowest BCUT2D eigenvalue weighted by molar-refractivity contribution is -0.115. The van der Waals surface area contributed by atoms with Crippen LogP contribution in [0, 0.1) is 11.6 Å². The van der Waals surface area contributed by atoms with E-state index in [-0.39, 0.29) is 12.3 Å². The minimum Gasteiger partial charge on any atom is -0.324 e. The van der Waals surface area contributed by atoms with E-state index in [1.807, 2.05) is 6.07 Å². The molecule has 0 saturated carbocycles. The van der Waals surface area contributed by atoms with E-state index in [2.05, 4.69) is 10.6 Å². The predicted molar refractivity (Wildman–Crippen MR) is 84.5 cm³/mol. The number of fused-ring (bicyclic) bond motifs is 1. The molecule has 0 spiro atoms. The van der Waals surface area contributed by atoms with Crippen molar-refractivity contribution in [3.63, 3.8) is 0 Å². The predicted octanol–water partition coefficient (Wildman–Crippen LogP) is 3.19. The van der Waals surface area contributed by atoms with Gasteiger partial charge in [-0.1, -0.05) is 12.1 Å². The fourth-order valence-electron chi connectivity index (χ4n) is 2.23. The quantitative estimate of drug-likeness (QED) is 0.906. The van der Waals surface area contributed by atoms with E-state index in [1.54, 1.807) is 12.1 Å². The van der Waals surface area contributed by atoms with Gasteiger partial charge in [0.15, 0.2) is 0 Å². The van der Waals surface area contributed by atoms with Crippen molar-refractivity contribution in [3.8, 4) is 0 Å². The first kappa shape index (κ1) is 15.5. The Bertz CT molecular complexity index is 775. The van der Waals surface area contributed by atoms with Gasteiger partial charge in [-0.05, 0) is 29.8 Å². The maximum absolute atomic E-state index is 13.5. The average molecular weight is 334 g/mol. The van der Waals surface area contributed by atoms with Gasteiger partial charge in [-0.2, -0.15) is 0 Å². The van der Waals surface area contributed by atoms with E-state index in [9.17, 15) is 18.4 Å². The van der Waals surface area contributed by atoms with Crippen LogP contribution in [0.25, 0.3) is 0 Å². The number of nitrogens with one attached hydrogen (secondary N) is 2. The zero-order valence-electron chi connectivity index (χ0n) is 11.9. The fraction of sp³-hybridized carbons (Fsp3) is 0.125. The molecular weight excluding hydrogens is 322 g/mol. The highest BCUT2D eigenvalue weighted by Crippen LogP contribution is 2.32. The highest BCUT2D eigenvalue weighted by molar-refractivity contribution is 8.00. The highest BCUT2D eigenvalue weighted by Gasteiger charge is 2.17. The third kappa shape index (κ3) is 3.50. The number of thioether (sulfide) groups is 1. The molecule has 2 aromatic carbocycles. The van der Waals surface area contributed by atoms with Crippen molar-refractivity contribution in [1.82, 2.24) is 0 Å². The van der Waals surface area contributed by atoms with Gasteiger partial charge in [-0.15, -0.1) is 11.8 Å². The van der Waals surface area contributed by atoms with Gasteiger partial charge in [0.2, 0.25) is 11.8 Å². The monoisotopic (exact) mass is 334 g/mol. The summed E-state index contributed by atoms with van der Waals surface area (Å²) in [4.78, 5) is 24.3. The lowest BCUT2D eigenvalue weighted by Gasteiger charge is -2.17. The minimum atomic E-state index is -0.826. The standard InChI is InChI=1S/C16H12F2N2O2S/c17-10-2-1-3-11(18)16(10)20-14(21)7-9-4-5-13-12(6-9)19-15(22)8-23-13/h1-6H,7-8H2,(H,19,22)(H,20,21). The molecule has 1 aliphatic heterocycles. The molecule has 0 radical (unpaired) electrons. The van der Waals surface area contributed by atoms with E-state index >= 15 is 0 Å². The summed E-state index contributed by atoms with van der Waals surface area (Å²) in [6, 6.07) is 8.63. The van der Waals surface area contributed by atoms with Gasteiger partial charge in [-0.3, -0.25) is 9.59 Å². The summed E-state index contributed by atoms with van der Waals surface area (Å²) < 4.78 is 27.0. The molecule has 1 heterocycles. The Balaban J connectivity index is 1.73. The third-order valence-electron chi connectivity index (χ3n) is 3.27. The van der Waals surface area contributed by atoms with Crippen LogP contribution < -0.4 is 10.6 Å². The lowest BCUT2D eigenvalue weighted by atomic mass is 10.1. The molecule has 2 aromatic rings. The number of amides is 2. The first-order valence-corrected chi connectivity index (χ1v) is 7.81. The molecule has 0 aliphatic carbocycles. The van der Waals surface area contributed by atoms with Crippen LogP contribution in [-0.2, 0) is 16.0 Å². The molecule has 118 valence electrons. The molecule has 1 aliphatic rings. The van der Waals surface area contributed by atoms with Crippen LogP contribution in [0.3, 0.4) is 0 Å². The molecule has 0 saturated heterocycles. The summed E-state index contributed by atoms with van der Waals surface area (Å²) in [6.07, 6.45) is -0.0540. The summed E-state index contributed by atoms with van der Waals surface area (Å²) in [5.41, 5.74) is 0.828. The summed E-state index contributed by atoms with van der Waals surface area (Å²) in [7, 11) is 0. The van der Waals surface area contributed by atoms with Gasteiger partial charge in [0.1, 0.15) is 17.3 Å². The Morgan fingerprint density at radius 2 is 1.96 bits per heavy atom. The topological polar surface area (TPSA) is 58.2 Å². The number of para-hydroxylation sites is 1. The maximum Gasteiger partial charge on any atom is 0.234 e. The molecule has 2 amide bonds. The van der Waals surface area contributed by atoms with Crippen molar-refractivity contribution in [1.29, 1.82) is 0 Å². The van der Waals surface area contributed by atoms with Crippen molar-refractivity contribution >= 4 is 35.0 Å². The summed E-state index contributed by atoms with van der Waals surface area (Å²) in [5.74, 6) is -1.93. The lowest BCUT2D eigenvalue weighted by Crippen LogP contribution is -2.20. The van der Waals surface area contributed by atoms with Gasteiger partial charge in [-0.25, -0.2) is 8.78 Å². The average Bonchev–Trinajstić information content (AvgIpc) is 2.50. The second-order valence-corrected chi connectivity index (χ2v) is 6.01. The van der Waals surface area contributed by atoms with E-state index in [0.717, 1.165) is 17.0 Å². The van der Waals surface area contributed by atoms with Gasteiger partial charge in [0, 0.05) is 4.90 Å². The highest BCUT2D eigenvalue weighted by atomic mass is 32.2. The Hall–Kier alpha value is -2.41. The second kappa shape index (κ2) is 6.37. The molecule has 0 atom stereocenters. The number of halogens is 2. The van der Waals surface area contributed by atoms with Crippen molar-refractivity contribution in [2.45, 2.75) is 11.3 Å².